The van der Waals surface area contributed by atoms with Crippen molar-refractivity contribution in [1.29, 1.82) is 0 Å². The number of halogens is 1. The van der Waals surface area contributed by atoms with Gasteiger partial charge >= 0.3 is 0 Å². The van der Waals surface area contributed by atoms with Gasteiger partial charge in [-0.25, -0.2) is 4.39 Å². The molecule has 0 fully saturated rings. The van der Waals surface area contributed by atoms with Crippen LogP contribution in [0.25, 0.3) is 0 Å². The Morgan fingerprint density at radius 3 is 2.15 bits per heavy atom. The Bertz CT molecular complexity index is 945. The lowest BCUT2D eigenvalue weighted by Crippen LogP contribution is -2.25. The third kappa shape index (κ3) is 4.98. The van der Waals surface area contributed by atoms with Crippen molar-refractivity contribution in [3.63, 3.8) is 0 Å². The average molecular weight is 363 g/mol. The summed E-state index contributed by atoms with van der Waals surface area (Å²) in [5, 5.41) is 5.42. The van der Waals surface area contributed by atoms with Gasteiger partial charge in [-0.15, -0.1) is 0 Å². The number of carbonyl (C=O) groups is 2. The second-order valence-electron chi connectivity index (χ2n) is 5.86. The third-order valence-corrected chi connectivity index (χ3v) is 3.94. The zero-order valence-corrected chi connectivity index (χ0v) is 14.5. The highest BCUT2D eigenvalue weighted by molar-refractivity contribution is 5.99. The lowest BCUT2D eigenvalue weighted by molar-refractivity contribution is 0.0950. The van der Waals surface area contributed by atoms with E-state index in [9.17, 15) is 14.0 Å². The van der Waals surface area contributed by atoms with E-state index in [4.69, 9.17) is 0 Å². The van der Waals surface area contributed by atoms with Gasteiger partial charge in [-0.05, 0) is 36.4 Å². The molecule has 6 heteroatoms. The van der Waals surface area contributed by atoms with Crippen LogP contribution in [-0.4, -0.2) is 16.8 Å². The highest BCUT2D eigenvalue weighted by Gasteiger charge is 2.11. The molecule has 0 unspecified atom stereocenters. The van der Waals surface area contributed by atoms with E-state index in [1.165, 1.54) is 12.1 Å². The quantitative estimate of drug-likeness (QED) is 0.707. The molecule has 2 amide bonds. The molecule has 0 saturated heterocycles. The van der Waals surface area contributed by atoms with Crippen LogP contribution in [0.15, 0.2) is 72.9 Å². The van der Waals surface area contributed by atoms with Crippen molar-refractivity contribution in [1.82, 2.24) is 15.6 Å². The summed E-state index contributed by atoms with van der Waals surface area (Å²) in [6, 6.07) is 18.1. The van der Waals surface area contributed by atoms with E-state index in [2.05, 4.69) is 15.6 Å². The summed E-state index contributed by atoms with van der Waals surface area (Å²) < 4.78 is 13.6. The molecule has 1 aromatic heterocycles. The molecular weight excluding hydrogens is 345 g/mol. The van der Waals surface area contributed by atoms with E-state index in [0.717, 1.165) is 5.69 Å². The molecule has 27 heavy (non-hydrogen) atoms. The summed E-state index contributed by atoms with van der Waals surface area (Å²) in [6.07, 6.45) is 1.65. The first kappa shape index (κ1) is 18.3. The van der Waals surface area contributed by atoms with Gasteiger partial charge in [-0.1, -0.05) is 30.3 Å². The number of nitrogens with one attached hydrogen (secondary N) is 2. The second kappa shape index (κ2) is 8.71. The molecule has 0 radical (unpaired) electrons. The maximum atomic E-state index is 13.6. The maximum Gasteiger partial charge on any atom is 0.251 e. The summed E-state index contributed by atoms with van der Waals surface area (Å²) in [5.41, 5.74) is 1.83. The van der Waals surface area contributed by atoms with E-state index in [0.29, 0.717) is 23.2 Å². The van der Waals surface area contributed by atoms with Gasteiger partial charge in [-0.2, -0.15) is 0 Å². The van der Waals surface area contributed by atoms with Crippen molar-refractivity contribution >= 4 is 11.8 Å². The van der Waals surface area contributed by atoms with Crippen molar-refractivity contribution in [2.45, 2.75) is 13.1 Å². The largest absolute Gasteiger partial charge is 0.348 e. The van der Waals surface area contributed by atoms with Crippen molar-refractivity contribution in [2.24, 2.45) is 0 Å². The average Bonchev–Trinajstić information content (AvgIpc) is 2.72. The van der Waals surface area contributed by atoms with E-state index < -0.39 is 0 Å². The minimum absolute atomic E-state index is 0.0710. The van der Waals surface area contributed by atoms with Crippen LogP contribution in [0.3, 0.4) is 0 Å². The first-order valence-corrected chi connectivity index (χ1v) is 8.43. The van der Waals surface area contributed by atoms with Crippen LogP contribution in [0.1, 0.15) is 32.0 Å². The zero-order valence-electron chi connectivity index (χ0n) is 14.5. The molecule has 1 heterocycles. The van der Waals surface area contributed by atoms with Crippen LogP contribution in [0.5, 0.6) is 0 Å². The van der Waals surface area contributed by atoms with Gasteiger partial charge in [0.05, 0.1) is 12.2 Å². The monoisotopic (exact) mass is 363 g/mol. The minimum atomic E-state index is -0.377. The molecule has 0 aliphatic rings. The number of aromatic nitrogens is 1. The molecule has 136 valence electrons. The Balaban J connectivity index is 1.61. The van der Waals surface area contributed by atoms with Crippen LogP contribution in [0, 0.1) is 5.82 Å². The molecule has 0 aliphatic heterocycles. The van der Waals surface area contributed by atoms with Crippen molar-refractivity contribution in [2.75, 3.05) is 0 Å². The molecule has 0 spiro atoms. The molecule has 3 rings (SSSR count). The predicted molar refractivity (Wildman–Crippen MR) is 99.4 cm³/mol. The van der Waals surface area contributed by atoms with E-state index in [1.807, 2.05) is 12.1 Å². The Morgan fingerprint density at radius 2 is 1.48 bits per heavy atom. The van der Waals surface area contributed by atoms with E-state index in [1.54, 1.807) is 48.7 Å². The summed E-state index contributed by atoms with van der Waals surface area (Å²) in [5.74, 6) is -1.05. The summed E-state index contributed by atoms with van der Waals surface area (Å²) in [4.78, 5) is 28.7. The van der Waals surface area contributed by atoms with Gasteiger partial charge in [-0.3, -0.25) is 14.6 Å². The first-order valence-electron chi connectivity index (χ1n) is 8.43. The van der Waals surface area contributed by atoms with Crippen molar-refractivity contribution in [3.05, 3.63) is 101 Å². The van der Waals surface area contributed by atoms with Gasteiger partial charge in [0.15, 0.2) is 0 Å². The predicted octanol–water partition coefficient (Wildman–Crippen LogP) is 3.08. The SMILES string of the molecule is O=C(NCc1ccccn1)c1cccc(C(=O)NCc2ccccc2F)c1. The summed E-state index contributed by atoms with van der Waals surface area (Å²) >= 11 is 0. The number of hydrogen-bond donors (Lipinski definition) is 2. The molecular formula is C21H18FN3O2. The Kier molecular flexibility index (Phi) is 5.89. The van der Waals surface area contributed by atoms with E-state index in [-0.39, 0.29) is 24.2 Å². The third-order valence-electron chi connectivity index (χ3n) is 3.94. The van der Waals surface area contributed by atoms with Crippen LogP contribution in [0.4, 0.5) is 4.39 Å². The maximum absolute atomic E-state index is 13.6. The fraction of sp³-hybridized carbons (Fsp3) is 0.0952. The molecule has 5 nitrogen and oxygen atoms in total. The molecule has 0 bridgehead atoms. The molecule has 0 atom stereocenters. The van der Waals surface area contributed by atoms with Crippen LogP contribution < -0.4 is 10.6 Å². The van der Waals surface area contributed by atoms with Gasteiger partial charge < -0.3 is 10.6 Å². The number of benzene rings is 2. The van der Waals surface area contributed by atoms with Crippen LogP contribution in [-0.2, 0) is 13.1 Å². The van der Waals surface area contributed by atoms with Gasteiger partial charge in [0, 0.05) is 29.4 Å². The molecule has 2 N–H and O–H groups in total. The lowest BCUT2D eigenvalue weighted by Gasteiger charge is -2.08. The number of hydrogen-bond acceptors (Lipinski definition) is 3. The highest BCUT2D eigenvalue weighted by Crippen LogP contribution is 2.09. The Labute approximate surface area is 156 Å². The van der Waals surface area contributed by atoms with Gasteiger partial charge in [0.1, 0.15) is 5.82 Å². The Morgan fingerprint density at radius 1 is 0.815 bits per heavy atom. The topological polar surface area (TPSA) is 71.1 Å². The molecule has 0 saturated carbocycles. The van der Waals surface area contributed by atoms with Gasteiger partial charge in [0.25, 0.3) is 11.8 Å². The summed E-state index contributed by atoms with van der Waals surface area (Å²) in [6.45, 7) is 0.366. The fourth-order valence-corrected chi connectivity index (χ4v) is 2.50. The number of rotatable bonds is 6. The molecule has 0 aliphatic carbocycles. The first-order chi connectivity index (χ1) is 13.1. The van der Waals surface area contributed by atoms with Crippen molar-refractivity contribution < 1.29 is 14.0 Å². The Hall–Kier alpha value is -3.54. The van der Waals surface area contributed by atoms with E-state index >= 15 is 0 Å². The number of amides is 2. The molecule has 2 aromatic carbocycles. The fourth-order valence-electron chi connectivity index (χ4n) is 2.50. The minimum Gasteiger partial charge on any atom is -0.348 e. The van der Waals surface area contributed by atoms with Gasteiger partial charge in [0.2, 0.25) is 0 Å². The number of carbonyl (C=O) groups excluding carboxylic acids is 2. The molecule has 3 aromatic rings. The highest BCUT2D eigenvalue weighted by atomic mass is 19.1. The number of nitrogens with zero attached hydrogens (tertiary/aromatic N) is 1. The normalized spacial score (nSPS) is 10.3. The standard InChI is InChI=1S/C21H18FN3O2/c22-19-10-2-1-6-17(19)13-24-20(26)15-7-5-8-16(12-15)21(27)25-14-18-9-3-4-11-23-18/h1-12H,13-14H2,(H,24,26)(H,25,27). The smallest absolute Gasteiger partial charge is 0.251 e. The summed E-state index contributed by atoms with van der Waals surface area (Å²) in [7, 11) is 0. The van der Waals surface area contributed by atoms with Crippen LogP contribution in [0.2, 0.25) is 0 Å². The number of pyridine rings is 1. The van der Waals surface area contributed by atoms with Crippen molar-refractivity contribution in [3.8, 4) is 0 Å². The zero-order chi connectivity index (χ0) is 19.1. The lowest BCUT2D eigenvalue weighted by atomic mass is 10.1. The second-order valence-corrected chi connectivity index (χ2v) is 5.86. The van der Waals surface area contributed by atoms with Crippen LogP contribution >= 0.6 is 0 Å².